The number of amides is 1. The molecule has 8 heteroatoms. The molecule has 0 aromatic heterocycles. The summed E-state index contributed by atoms with van der Waals surface area (Å²) < 4.78 is 16.5. The average molecular weight is 388 g/mol. The monoisotopic (exact) mass is 387 g/mol. The molecule has 1 heterocycles. The van der Waals surface area contributed by atoms with E-state index in [4.69, 9.17) is 14.2 Å². The number of nitrogens with one attached hydrogen (secondary N) is 1. The van der Waals surface area contributed by atoms with Crippen LogP contribution >= 0.6 is 15.9 Å². The number of carbonyl (C=O) groups excluding carboxylic acids is 1. The molecule has 1 aliphatic heterocycles. The van der Waals surface area contributed by atoms with Crippen LogP contribution in [0.3, 0.4) is 0 Å². The Morgan fingerprint density at radius 1 is 1.09 bits per heavy atom. The van der Waals surface area contributed by atoms with Gasteiger partial charge in [0.05, 0.1) is 31.4 Å². The van der Waals surface area contributed by atoms with Crippen LogP contribution in [0.4, 0.5) is 0 Å². The zero-order chi connectivity index (χ0) is 17.0. The Hall–Kier alpha value is -1.51. The summed E-state index contributed by atoms with van der Waals surface area (Å²) in [6, 6.07) is 1.64. The van der Waals surface area contributed by atoms with E-state index in [2.05, 4.69) is 33.3 Å². The van der Waals surface area contributed by atoms with Gasteiger partial charge in [0.1, 0.15) is 0 Å². The Bertz CT molecular complexity index is 574. The molecule has 7 nitrogen and oxygen atoms in total. The fourth-order valence-corrected chi connectivity index (χ4v) is 3.04. The van der Waals surface area contributed by atoms with Gasteiger partial charge in [-0.05, 0) is 29.0 Å². The number of hydrogen-bond donors (Lipinski definition) is 1. The minimum atomic E-state index is -0.222. The maximum Gasteiger partial charge on any atom is 0.267 e. The number of piperazine rings is 1. The van der Waals surface area contributed by atoms with Crippen LogP contribution in [0.2, 0.25) is 0 Å². The first-order valence-corrected chi connectivity index (χ1v) is 8.04. The number of methoxy groups -OCH3 is 3. The molecule has 0 saturated carbocycles. The summed E-state index contributed by atoms with van der Waals surface area (Å²) in [5.74, 6) is 1.09. The quantitative estimate of drug-likeness (QED) is 0.822. The third-order valence-corrected chi connectivity index (χ3v) is 4.56. The first-order chi connectivity index (χ1) is 11.0. The molecular formula is C15H22BrN3O4. The number of rotatable bonds is 5. The molecule has 1 N–H and O–H groups in total. The molecule has 0 radical (unpaired) electrons. The lowest BCUT2D eigenvalue weighted by Crippen LogP contribution is -2.52. The third-order valence-electron chi connectivity index (χ3n) is 3.78. The minimum Gasteiger partial charge on any atom is -0.493 e. The van der Waals surface area contributed by atoms with E-state index < -0.39 is 0 Å². The first kappa shape index (κ1) is 17.8. The van der Waals surface area contributed by atoms with E-state index in [1.807, 2.05) is 5.01 Å². The molecule has 0 aliphatic carbocycles. The van der Waals surface area contributed by atoms with Crippen LogP contribution in [0, 0.1) is 0 Å². The molecule has 0 bridgehead atoms. The van der Waals surface area contributed by atoms with E-state index in [1.54, 1.807) is 6.07 Å². The number of hydrogen-bond acceptors (Lipinski definition) is 6. The van der Waals surface area contributed by atoms with Gasteiger partial charge >= 0.3 is 0 Å². The largest absolute Gasteiger partial charge is 0.493 e. The van der Waals surface area contributed by atoms with Crippen molar-refractivity contribution < 1.29 is 19.0 Å². The fraction of sp³-hybridized carbons (Fsp3) is 0.533. The fourth-order valence-electron chi connectivity index (χ4n) is 2.41. The lowest BCUT2D eigenvalue weighted by atomic mass is 10.1. The van der Waals surface area contributed by atoms with Crippen molar-refractivity contribution in [2.75, 3.05) is 54.6 Å². The van der Waals surface area contributed by atoms with Crippen molar-refractivity contribution in [2.24, 2.45) is 0 Å². The second-order valence-corrected chi connectivity index (χ2v) is 6.03. The SMILES string of the molecule is COc1cc(C(=O)NN2CCN(C)CC2)c(Br)c(OC)c1OC. The molecule has 1 aromatic rings. The molecule has 1 fully saturated rings. The molecule has 1 aliphatic rings. The number of halogens is 1. The first-order valence-electron chi connectivity index (χ1n) is 7.24. The topological polar surface area (TPSA) is 63.3 Å². The molecule has 0 spiro atoms. The Balaban J connectivity index is 2.26. The van der Waals surface area contributed by atoms with Crippen LogP contribution in [0.5, 0.6) is 17.2 Å². The maximum absolute atomic E-state index is 12.6. The molecule has 0 atom stereocenters. The Morgan fingerprint density at radius 2 is 1.70 bits per heavy atom. The highest BCUT2D eigenvalue weighted by Crippen LogP contribution is 2.44. The summed E-state index contributed by atoms with van der Waals surface area (Å²) in [5.41, 5.74) is 3.35. The van der Waals surface area contributed by atoms with Crippen molar-refractivity contribution in [3.63, 3.8) is 0 Å². The summed E-state index contributed by atoms with van der Waals surface area (Å²) in [5, 5.41) is 1.91. The molecule has 1 amide bonds. The van der Waals surface area contributed by atoms with Crippen LogP contribution in [0.15, 0.2) is 10.5 Å². The molecular weight excluding hydrogens is 366 g/mol. The molecule has 0 unspecified atom stereocenters. The Labute approximate surface area is 144 Å². The third kappa shape index (κ3) is 3.88. The van der Waals surface area contributed by atoms with Gasteiger partial charge < -0.3 is 19.1 Å². The summed E-state index contributed by atoms with van der Waals surface area (Å²) in [7, 11) is 6.63. The van der Waals surface area contributed by atoms with Gasteiger partial charge in [0.2, 0.25) is 5.75 Å². The van der Waals surface area contributed by atoms with Crippen molar-refractivity contribution in [1.29, 1.82) is 0 Å². The van der Waals surface area contributed by atoms with E-state index >= 15 is 0 Å². The second-order valence-electron chi connectivity index (χ2n) is 5.24. The molecule has 128 valence electrons. The summed E-state index contributed by atoms with van der Waals surface area (Å²) >= 11 is 3.42. The predicted molar refractivity (Wildman–Crippen MR) is 90.3 cm³/mol. The van der Waals surface area contributed by atoms with Crippen molar-refractivity contribution in [3.8, 4) is 17.2 Å². The second kappa shape index (κ2) is 7.85. The van der Waals surface area contributed by atoms with Gasteiger partial charge in [0, 0.05) is 26.2 Å². The summed E-state index contributed by atoms with van der Waals surface area (Å²) in [6.45, 7) is 3.39. The maximum atomic E-state index is 12.6. The van der Waals surface area contributed by atoms with Gasteiger partial charge in [-0.15, -0.1) is 0 Å². The van der Waals surface area contributed by atoms with Crippen LogP contribution < -0.4 is 19.6 Å². The number of likely N-dealkylation sites (N-methyl/N-ethyl adjacent to an activating group) is 1. The highest BCUT2D eigenvalue weighted by molar-refractivity contribution is 9.10. The van der Waals surface area contributed by atoms with Crippen LogP contribution in [-0.2, 0) is 0 Å². The van der Waals surface area contributed by atoms with Gasteiger partial charge in [-0.25, -0.2) is 5.01 Å². The van der Waals surface area contributed by atoms with Crippen molar-refractivity contribution >= 4 is 21.8 Å². The van der Waals surface area contributed by atoms with Gasteiger partial charge in [0.15, 0.2) is 11.5 Å². The lowest BCUT2D eigenvalue weighted by molar-refractivity contribution is 0.0661. The highest BCUT2D eigenvalue weighted by atomic mass is 79.9. The van der Waals surface area contributed by atoms with Gasteiger partial charge in [0.25, 0.3) is 5.91 Å². The molecule has 1 saturated heterocycles. The molecule has 1 aromatic carbocycles. The van der Waals surface area contributed by atoms with Crippen molar-refractivity contribution in [2.45, 2.75) is 0 Å². The van der Waals surface area contributed by atoms with E-state index in [0.29, 0.717) is 27.3 Å². The van der Waals surface area contributed by atoms with E-state index in [-0.39, 0.29) is 5.91 Å². The zero-order valence-corrected chi connectivity index (χ0v) is 15.4. The van der Waals surface area contributed by atoms with Gasteiger partial charge in [-0.1, -0.05) is 0 Å². The normalized spacial score (nSPS) is 16.0. The van der Waals surface area contributed by atoms with Crippen molar-refractivity contribution in [1.82, 2.24) is 15.3 Å². The van der Waals surface area contributed by atoms with E-state index in [0.717, 1.165) is 26.2 Å². The Kier molecular flexibility index (Phi) is 6.09. The number of hydrazine groups is 1. The van der Waals surface area contributed by atoms with Gasteiger partial charge in [-0.2, -0.15) is 0 Å². The average Bonchev–Trinajstić information content (AvgIpc) is 2.56. The molecule has 23 heavy (non-hydrogen) atoms. The number of carbonyl (C=O) groups is 1. The van der Waals surface area contributed by atoms with Crippen LogP contribution in [0.1, 0.15) is 10.4 Å². The zero-order valence-electron chi connectivity index (χ0n) is 13.8. The minimum absolute atomic E-state index is 0.222. The number of nitrogens with zero attached hydrogens (tertiary/aromatic N) is 2. The lowest BCUT2D eigenvalue weighted by Gasteiger charge is -2.32. The van der Waals surface area contributed by atoms with E-state index in [1.165, 1.54) is 21.3 Å². The Morgan fingerprint density at radius 3 is 2.22 bits per heavy atom. The number of ether oxygens (including phenoxy) is 3. The van der Waals surface area contributed by atoms with Crippen LogP contribution in [0.25, 0.3) is 0 Å². The summed E-state index contributed by atoms with van der Waals surface area (Å²) in [6.07, 6.45) is 0. The van der Waals surface area contributed by atoms with Crippen molar-refractivity contribution in [3.05, 3.63) is 16.1 Å². The number of benzene rings is 1. The smallest absolute Gasteiger partial charge is 0.267 e. The van der Waals surface area contributed by atoms with Crippen LogP contribution in [-0.4, -0.2) is 70.4 Å². The standard InChI is InChI=1S/C15H22BrN3O4/c1-18-5-7-19(8-6-18)17-15(20)10-9-11(21-2)13(22-3)14(23-4)12(10)16/h9H,5-8H2,1-4H3,(H,17,20). The highest BCUT2D eigenvalue weighted by Gasteiger charge is 2.24. The molecule has 2 rings (SSSR count). The summed E-state index contributed by atoms with van der Waals surface area (Å²) in [4.78, 5) is 14.8. The predicted octanol–water partition coefficient (Wildman–Crippen LogP) is 1.37. The van der Waals surface area contributed by atoms with E-state index in [9.17, 15) is 4.79 Å². The van der Waals surface area contributed by atoms with Gasteiger partial charge in [-0.3, -0.25) is 10.2 Å².